The van der Waals surface area contributed by atoms with E-state index in [0.717, 1.165) is 38.8 Å². The number of rotatable bonds is 6. The van der Waals surface area contributed by atoms with E-state index in [1.165, 1.54) is 12.1 Å². The number of benzene rings is 3. The van der Waals surface area contributed by atoms with E-state index in [4.69, 9.17) is 21.3 Å². The zero-order valence-electron chi connectivity index (χ0n) is 24.7. The normalized spacial score (nSPS) is 20.0. The average Bonchev–Trinajstić information content (AvgIpc) is 3.60. The maximum absolute atomic E-state index is 16.8. The molecule has 0 saturated carbocycles. The Bertz CT molecular complexity index is 1780. The number of carbonyl (C=O) groups excluding carboxylic acids is 1. The van der Waals surface area contributed by atoms with E-state index in [2.05, 4.69) is 16.5 Å². The van der Waals surface area contributed by atoms with Crippen molar-refractivity contribution in [3.05, 3.63) is 71.8 Å². The van der Waals surface area contributed by atoms with Gasteiger partial charge in [-0.15, -0.1) is 0 Å². The molecule has 1 atom stereocenters. The van der Waals surface area contributed by atoms with Crippen LogP contribution >= 0.6 is 11.6 Å². The summed E-state index contributed by atoms with van der Waals surface area (Å²) in [7, 11) is 0. The number of amides is 1. The van der Waals surface area contributed by atoms with Gasteiger partial charge in [-0.05, 0) is 74.9 Å². The first-order chi connectivity index (χ1) is 21.3. The van der Waals surface area contributed by atoms with Crippen LogP contribution in [0, 0.1) is 11.6 Å². The number of hydrogen-bond acceptors (Lipinski definition) is 6. The molecular weight excluding hydrogens is 584 g/mol. The Morgan fingerprint density at radius 3 is 2.59 bits per heavy atom. The third-order valence-electron chi connectivity index (χ3n) is 9.63. The van der Waals surface area contributed by atoms with Gasteiger partial charge in [-0.3, -0.25) is 9.69 Å². The first kappa shape index (κ1) is 28.9. The Labute approximate surface area is 260 Å². The summed E-state index contributed by atoms with van der Waals surface area (Å²) in [6.45, 7) is 9.52. The summed E-state index contributed by atoms with van der Waals surface area (Å²) in [5, 5.41) is 1.49. The van der Waals surface area contributed by atoms with Crippen LogP contribution in [0.1, 0.15) is 32.6 Å². The van der Waals surface area contributed by atoms with Gasteiger partial charge in [0.25, 0.3) is 0 Å². The van der Waals surface area contributed by atoms with Crippen LogP contribution in [0.4, 0.5) is 14.6 Å². The summed E-state index contributed by atoms with van der Waals surface area (Å²) >= 11 is 6.84. The van der Waals surface area contributed by atoms with Crippen molar-refractivity contribution in [2.75, 3.05) is 44.2 Å². The Balaban J connectivity index is 1.36. The van der Waals surface area contributed by atoms with Gasteiger partial charge in [-0.2, -0.15) is 9.97 Å². The van der Waals surface area contributed by atoms with Crippen LogP contribution in [0.3, 0.4) is 0 Å². The molecule has 3 aliphatic heterocycles. The first-order valence-corrected chi connectivity index (χ1v) is 15.6. The highest BCUT2D eigenvalue weighted by atomic mass is 35.5. The molecule has 1 aromatic heterocycles. The highest BCUT2D eigenvalue weighted by Gasteiger charge is 2.45. The zero-order valence-corrected chi connectivity index (χ0v) is 25.4. The van der Waals surface area contributed by atoms with Gasteiger partial charge in [0.2, 0.25) is 5.91 Å². The molecule has 44 heavy (non-hydrogen) atoms. The van der Waals surface area contributed by atoms with Crippen molar-refractivity contribution in [2.45, 2.75) is 44.2 Å². The van der Waals surface area contributed by atoms with Crippen molar-refractivity contribution in [1.82, 2.24) is 19.8 Å². The van der Waals surface area contributed by atoms with Crippen LogP contribution in [0.15, 0.2) is 55.1 Å². The lowest BCUT2D eigenvalue weighted by atomic mass is 9.95. The second kappa shape index (κ2) is 11.3. The van der Waals surface area contributed by atoms with Crippen molar-refractivity contribution < 1.29 is 18.3 Å². The minimum Gasteiger partial charge on any atom is -0.461 e. The minimum absolute atomic E-state index is 0.0490. The van der Waals surface area contributed by atoms with E-state index in [9.17, 15) is 4.79 Å². The maximum atomic E-state index is 16.8. The van der Waals surface area contributed by atoms with Crippen LogP contribution in [-0.2, 0) is 4.79 Å². The van der Waals surface area contributed by atoms with Gasteiger partial charge in [0.05, 0.1) is 10.6 Å². The highest BCUT2D eigenvalue weighted by molar-refractivity contribution is 6.35. The van der Waals surface area contributed by atoms with E-state index >= 15 is 8.78 Å². The number of hydrogen-bond donors (Lipinski definition) is 0. The number of halogens is 3. The summed E-state index contributed by atoms with van der Waals surface area (Å²) in [5.41, 5.74) is 0.439. The maximum Gasteiger partial charge on any atom is 0.319 e. The van der Waals surface area contributed by atoms with Gasteiger partial charge in [0.1, 0.15) is 23.8 Å². The molecule has 7 nitrogen and oxygen atoms in total. The second-order valence-electron chi connectivity index (χ2n) is 12.2. The molecule has 1 amide bonds. The molecule has 3 fully saturated rings. The summed E-state index contributed by atoms with van der Waals surface area (Å²) in [6, 6.07) is 11.6. The molecule has 0 bridgehead atoms. The lowest BCUT2D eigenvalue weighted by molar-refractivity contribution is -0.126. The molecule has 4 heterocycles. The first-order valence-electron chi connectivity index (χ1n) is 15.2. The molecule has 0 spiro atoms. The topological polar surface area (TPSA) is 61.8 Å². The van der Waals surface area contributed by atoms with E-state index in [0.29, 0.717) is 53.8 Å². The van der Waals surface area contributed by atoms with Gasteiger partial charge in [-0.25, -0.2) is 8.78 Å². The minimum atomic E-state index is -0.661. The van der Waals surface area contributed by atoms with Crippen molar-refractivity contribution in [2.24, 2.45) is 0 Å². The van der Waals surface area contributed by atoms with Crippen molar-refractivity contribution in [3.63, 3.8) is 0 Å². The average molecular weight is 618 g/mol. The van der Waals surface area contributed by atoms with Crippen molar-refractivity contribution >= 4 is 45.0 Å². The summed E-state index contributed by atoms with van der Waals surface area (Å²) in [5.74, 6) is -0.761. The lowest BCUT2D eigenvalue weighted by Crippen LogP contribution is -2.53. The third-order valence-corrected chi connectivity index (χ3v) is 9.93. The van der Waals surface area contributed by atoms with Crippen LogP contribution in [0.2, 0.25) is 5.02 Å². The predicted octanol–water partition coefficient (Wildman–Crippen LogP) is 6.61. The molecule has 10 heteroatoms. The van der Waals surface area contributed by atoms with Crippen molar-refractivity contribution in [1.29, 1.82) is 0 Å². The number of anilines is 1. The Morgan fingerprint density at radius 1 is 1.11 bits per heavy atom. The molecular formula is C34H34ClF2N5O2. The van der Waals surface area contributed by atoms with E-state index in [1.807, 2.05) is 11.8 Å². The Morgan fingerprint density at radius 2 is 1.86 bits per heavy atom. The van der Waals surface area contributed by atoms with Gasteiger partial charge in [0.15, 0.2) is 5.82 Å². The third kappa shape index (κ3) is 4.77. The molecule has 0 radical (unpaired) electrons. The predicted molar refractivity (Wildman–Crippen MR) is 169 cm³/mol. The molecule has 7 rings (SSSR count). The standard InChI is InChI=1S/C34H34ClF2N5O2/c1-3-27(43)40-16-17-42(21(2)19-40)32-24-18-25(35)29(23-10-4-8-22-9-5-11-26(36)28(22)23)30(37)31(24)38-33(39-32)44-20-34-12-6-14-41(34)15-7-13-34/h3-5,8-11,18,21H,1,6-7,12-17,19-20H2,2H3/t21-/m0/s1. The molecule has 3 aliphatic rings. The van der Waals surface area contributed by atoms with Crippen LogP contribution < -0.4 is 9.64 Å². The number of carbonyl (C=O) groups is 1. The number of nitrogens with zero attached hydrogens (tertiary/aromatic N) is 5. The number of piperazine rings is 1. The fourth-order valence-corrected chi connectivity index (χ4v) is 7.75. The molecule has 0 aliphatic carbocycles. The number of ether oxygens (including phenoxy) is 1. The lowest BCUT2D eigenvalue weighted by Gasteiger charge is -2.40. The molecule has 4 aromatic rings. The SMILES string of the molecule is C=CC(=O)N1CCN(c2nc(OCC34CCCN3CCC4)nc3c(F)c(-c4cccc5cccc(F)c45)c(Cl)cc23)[C@@H](C)C1. The van der Waals surface area contributed by atoms with E-state index < -0.39 is 11.6 Å². The Kier molecular flexibility index (Phi) is 7.41. The van der Waals surface area contributed by atoms with Crippen LogP contribution in [0.5, 0.6) is 6.01 Å². The van der Waals surface area contributed by atoms with Crippen LogP contribution in [-0.4, -0.2) is 76.6 Å². The molecule has 0 N–H and O–H groups in total. The quantitative estimate of drug-likeness (QED) is 0.227. The van der Waals surface area contributed by atoms with Gasteiger partial charge < -0.3 is 14.5 Å². The zero-order chi connectivity index (χ0) is 30.6. The van der Waals surface area contributed by atoms with E-state index in [1.54, 1.807) is 41.3 Å². The molecule has 3 saturated heterocycles. The smallest absolute Gasteiger partial charge is 0.319 e. The fraction of sp³-hybridized carbons (Fsp3) is 0.382. The fourth-order valence-electron chi connectivity index (χ4n) is 7.46. The Hall–Kier alpha value is -3.82. The van der Waals surface area contributed by atoms with Gasteiger partial charge in [0, 0.05) is 42.0 Å². The second-order valence-corrected chi connectivity index (χ2v) is 12.6. The van der Waals surface area contributed by atoms with Gasteiger partial charge in [-0.1, -0.05) is 48.5 Å². The summed E-state index contributed by atoms with van der Waals surface area (Å²) in [6.07, 6.45) is 5.65. The van der Waals surface area contributed by atoms with Crippen LogP contribution in [0.25, 0.3) is 32.8 Å². The summed E-state index contributed by atoms with van der Waals surface area (Å²) < 4.78 is 38.3. The number of fused-ring (bicyclic) bond motifs is 3. The van der Waals surface area contributed by atoms with E-state index in [-0.39, 0.29) is 39.6 Å². The summed E-state index contributed by atoms with van der Waals surface area (Å²) in [4.78, 5) is 28.1. The molecule has 228 valence electrons. The largest absolute Gasteiger partial charge is 0.461 e. The molecule has 0 unspecified atom stereocenters. The highest BCUT2D eigenvalue weighted by Crippen LogP contribution is 2.43. The molecule has 3 aromatic carbocycles. The monoisotopic (exact) mass is 617 g/mol. The van der Waals surface area contributed by atoms with Gasteiger partial charge >= 0.3 is 6.01 Å². The van der Waals surface area contributed by atoms with Crippen molar-refractivity contribution in [3.8, 4) is 17.1 Å². The number of aromatic nitrogens is 2.